The summed E-state index contributed by atoms with van der Waals surface area (Å²) in [6.07, 6.45) is 3.56. The highest BCUT2D eigenvalue weighted by molar-refractivity contribution is 6.13. The SMILES string of the molecule is CC1(C)C(=O)Nc2c1ccc1cnccc21. The van der Waals surface area contributed by atoms with E-state index < -0.39 is 5.41 Å². The van der Waals surface area contributed by atoms with Crippen molar-refractivity contribution in [2.45, 2.75) is 19.3 Å². The Bertz CT molecular complexity index is 602. The number of fused-ring (bicyclic) bond motifs is 3. The number of rotatable bonds is 0. The fourth-order valence-electron chi connectivity index (χ4n) is 2.22. The Kier molecular flexibility index (Phi) is 1.64. The average Bonchev–Trinajstić information content (AvgIpc) is 2.51. The van der Waals surface area contributed by atoms with Gasteiger partial charge in [0.15, 0.2) is 0 Å². The maximum atomic E-state index is 11.9. The van der Waals surface area contributed by atoms with E-state index in [1.165, 1.54) is 0 Å². The summed E-state index contributed by atoms with van der Waals surface area (Å²) in [6.45, 7) is 3.89. The van der Waals surface area contributed by atoms with Crippen LogP contribution in [0.5, 0.6) is 0 Å². The third-order valence-electron chi connectivity index (χ3n) is 3.30. The number of anilines is 1. The monoisotopic (exact) mass is 212 g/mol. The Labute approximate surface area is 93.5 Å². The maximum Gasteiger partial charge on any atom is 0.234 e. The molecule has 0 unspecified atom stereocenters. The largest absolute Gasteiger partial charge is 0.324 e. The number of pyridine rings is 1. The number of aromatic nitrogens is 1. The quantitative estimate of drug-likeness (QED) is 0.728. The molecule has 1 aromatic heterocycles. The third-order valence-corrected chi connectivity index (χ3v) is 3.30. The molecule has 0 bridgehead atoms. The van der Waals surface area contributed by atoms with Gasteiger partial charge in [-0.1, -0.05) is 12.1 Å². The number of nitrogens with one attached hydrogen (secondary N) is 1. The van der Waals surface area contributed by atoms with E-state index in [4.69, 9.17) is 0 Å². The highest BCUT2D eigenvalue weighted by Gasteiger charge is 2.38. The number of carbonyl (C=O) groups excluding carboxylic acids is 1. The van der Waals surface area contributed by atoms with Crippen LogP contribution in [0.15, 0.2) is 30.6 Å². The Morgan fingerprint density at radius 2 is 2.06 bits per heavy atom. The predicted octanol–water partition coefficient (Wildman–Crippen LogP) is 2.46. The summed E-state index contributed by atoms with van der Waals surface area (Å²) in [6, 6.07) is 5.97. The van der Waals surface area contributed by atoms with Gasteiger partial charge in [-0.3, -0.25) is 9.78 Å². The lowest BCUT2D eigenvalue weighted by Gasteiger charge is -2.14. The molecular formula is C13H12N2O. The third kappa shape index (κ3) is 1.03. The van der Waals surface area contributed by atoms with Gasteiger partial charge in [0.25, 0.3) is 0 Å². The van der Waals surface area contributed by atoms with Gasteiger partial charge < -0.3 is 5.32 Å². The summed E-state index contributed by atoms with van der Waals surface area (Å²) in [7, 11) is 0. The van der Waals surface area contributed by atoms with Crippen LogP contribution in [0.4, 0.5) is 5.69 Å². The van der Waals surface area contributed by atoms with Crippen LogP contribution in [0.1, 0.15) is 19.4 Å². The first-order valence-electron chi connectivity index (χ1n) is 5.29. The van der Waals surface area contributed by atoms with Crippen molar-refractivity contribution in [3.8, 4) is 0 Å². The normalized spacial score (nSPS) is 17.2. The highest BCUT2D eigenvalue weighted by atomic mass is 16.2. The Hall–Kier alpha value is -1.90. The minimum atomic E-state index is -0.438. The summed E-state index contributed by atoms with van der Waals surface area (Å²) in [5.41, 5.74) is 1.57. The van der Waals surface area contributed by atoms with E-state index in [1.807, 2.05) is 38.2 Å². The van der Waals surface area contributed by atoms with Gasteiger partial charge in [0, 0.05) is 23.2 Å². The lowest BCUT2D eigenvalue weighted by Crippen LogP contribution is -2.26. The highest BCUT2D eigenvalue weighted by Crippen LogP contribution is 2.41. The van der Waals surface area contributed by atoms with Crippen molar-refractivity contribution in [1.82, 2.24) is 4.98 Å². The van der Waals surface area contributed by atoms with Gasteiger partial charge in [0.1, 0.15) is 0 Å². The molecule has 0 aliphatic carbocycles. The molecule has 0 radical (unpaired) electrons. The van der Waals surface area contributed by atoms with Crippen LogP contribution in [0.2, 0.25) is 0 Å². The average molecular weight is 212 g/mol. The van der Waals surface area contributed by atoms with Crippen LogP contribution >= 0.6 is 0 Å². The van der Waals surface area contributed by atoms with Gasteiger partial charge in [0.2, 0.25) is 5.91 Å². The number of amides is 1. The van der Waals surface area contributed by atoms with Crippen molar-refractivity contribution >= 4 is 22.4 Å². The second-order valence-electron chi connectivity index (χ2n) is 4.66. The Morgan fingerprint density at radius 1 is 1.25 bits per heavy atom. The van der Waals surface area contributed by atoms with Crippen LogP contribution in [0.3, 0.4) is 0 Å². The first-order chi connectivity index (χ1) is 7.60. The zero-order valence-corrected chi connectivity index (χ0v) is 9.24. The molecule has 2 heterocycles. The van der Waals surface area contributed by atoms with Crippen LogP contribution in [-0.4, -0.2) is 10.9 Å². The van der Waals surface area contributed by atoms with E-state index in [0.29, 0.717) is 0 Å². The molecule has 1 aliphatic rings. The number of carbonyl (C=O) groups is 1. The van der Waals surface area contributed by atoms with Gasteiger partial charge >= 0.3 is 0 Å². The van der Waals surface area contributed by atoms with E-state index in [0.717, 1.165) is 22.0 Å². The molecule has 1 aliphatic heterocycles. The van der Waals surface area contributed by atoms with Crippen LogP contribution in [-0.2, 0) is 10.2 Å². The molecule has 1 amide bonds. The Balaban J connectivity index is 2.40. The standard InChI is InChI=1S/C13H12N2O/c1-13(2)10-4-3-8-7-14-6-5-9(8)11(10)15-12(13)16/h3-7H,1-2H3,(H,15,16). The zero-order chi connectivity index (χ0) is 11.3. The summed E-state index contributed by atoms with van der Waals surface area (Å²) in [5, 5.41) is 5.08. The molecule has 0 saturated carbocycles. The molecule has 3 heteroatoms. The molecule has 3 nitrogen and oxygen atoms in total. The lowest BCUT2D eigenvalue weighted by atomic mass is 9.85. The second-order valence-corrected chi connectivity index (χ2v) is 4.66. The van der Waals surface area contributed by atoms with Crippen LogP contribution in [0.25, 0.3) is 10.8 Å². The lowest BCUT2D eigenvalue weighted by molar-refractivity contribution is -0.119. The first kappa shape index (κ1) is 9.33. The molecular weight excluding hydrogens is 200 g/mol. The fourth-order valence-corrected chi connectivity index (χ4v) is 2.22. The minimum Gasteiger partial charge on any atom is -0.324 e. The molecule has 3 rings (SSSR count). The van der Waals surface area contributed by atoms with E-state index >= 15 is 0 Å². The Morgan fingerprint density at radius 3 is 2.88 bits per heavy atom. The molecule has 0 saturated heterocycles. The minimum absolute atomic E-state index is 0.0619. The molecule has 1 aromatic carbocycles. The molecule has 80 valence electrons. The maximum absolute atomic E-state index is 11.9. The van der Waals surface area contributed by atoms with E-state index in [9.17, 15) is 4.79 Å². The van der Waals surface area contributed by atoms with Crippen molar-refractivity contribution in [1.29, 1.82) is 0 Å². The second kappa shape index (κ2) is 2.82. The number of hydrogen-bond donors (Lipinski definition) is 1. The smallest absolute Gasteiger partial charge is 0.234 e. The van der Waals surface area contributed by atoms with E-state index in [1.54, 1.807) is 6.20 Å². The summed E-state index contributed by atoms with van der Waals surface area (Å²) < 4.78 is 0. The number of hydrogen-bond acceptors (Lipinski definition) is 2. The number of benzene rings is 1. The zero-order valence-electron chi connectivity index (χ0n) is 9.24. The molecule has 0 atom stereocenters. The summed E-state index contributed by atoms with van der Waals surface area (Å²) in [4.78, 5) is 16.0. The summed E-state index contributed by atoms with van der Waals surface area (Å²) in [5.74, 6) is 0.0619. The van der Waals surface area contributed by atoms with Crippen molar-refractivity contribution < 1.29 is 4.79 Å². The molecule has 0 spiro atoms. The molecule has 16 heavy (non-hydrogen) atoms. The van der Waals surface area contributed by atoms with Gasteiger partial charge in [-0.05, 0) is 25.5 Å². The fraction of sp³-hybridized carbons (Fsp3) is 0.231. The van der Waals surface area contributed by atoms with E-state index in [2.05, 4.69) is 10.3 Å². The molecule has 1 N–H and O–H groups in total. The van der Waals surface area contributed by atoms with Gasteiger partial charge in [-0.2, -0.15) is 0 Å². The topological polar surface area (TPSA) is 42.0 Å². The van der Waals surface area contributed by atoms with Gasteiger partial charge in [0.05, 0.1) is 11.1 Å². The van der Waals surface area contributed by atoms with Crippen molar-refractivity contribution in [3.05, 3.63) is 36.2 Å². The molecule has 2 aromatic rings. The van der Waals surface area contributed by atoms with Gasteiger partial charge in [-0.25, -0.2) is 0 Å². The first-order valence-corrected chi connectivity index (χ1v) is 5.29. The predicted molar refractivity (Wildman–Crippen MR) is 63.4 cm³/mol. The van der Waals surface area contributed by atoms with Crippen molar-refractivity contribution in [2.75, 3.05) is 5.32 Å². The number of nitrogens with zero attached hydrogens (tertiary/aromatic N) is 1. The molecule has 0 fully saturated rings. The van der Waals surface area contributed by atoms with Crippen molar-refractivity contribution in [3.63, 3.8) is 0 Å². The van der Waals surface area contributed by atoms with Crippen LogP contribution in [0, 0.1) is 0 Å². The van der Waals surface area contributed by atoms with E-state index in [-0.39, 0.29) is 5.91 Å². The summed E-state index contributed by atoms with van der Waals surface area (Å²) >= 11 is 0. The van der Waals surface area contributed by atoms with Crippen LogP contribution < -0.4 is 5.32 Å². The van der Waals surface area contributed by atoms with Crippen molar-refractivity contribution in [2.24, 2.45) is 0 Å². The van der Waals surface area contributed by atoms with Gasteiger partial charge in [-0.15, -0.1) is 0 Å².